The van der Waals surface area contributed by atoms with Crippen LogP contribution in [0.3, 0.4) is 0 Å². The van der Waals surface area contributed by atoms with E-state index in [9.17, 15) is 0 Å². The minimum Gasteiger partial charge on any atom is -0.370 e. The molecule has 1 aliphatic heterocycles. The van der Waals surface area contributed by atoms with E-state index in [4.69, 9.17) is 5.73 Å². The molecule has 2 aliphatic rings. The molecule has 1 heterocycles. The molecule has 1 unspecified atom stereocenters. The Labute approximate surface area is 82.3 Å². The van der Waals surface area contributed by atoms with Crippen LogP contribution in [0.2, 0.25) is 0 Å². The lowest BCUT2D eigenvalue weighted by atomic mass is 9.91. The van der Waals surface area contributed by atoms with Gasteiger partial charge in [0.15, 0.2) is 5.96 Å². The number of nitrogens with zero attached hydrogens (tertiary/aromatic N) is 1. The Balaban J connectivity index is 2.25. The van der Waals surface area contributed by atoms with Crippen LogP contribution < -0.4 is 11.1 Å². The number of anilines is 1. The summed E-state index contributed by atoms with van der Waals surface area (Å²) >= 11 is 0. The highest BCUT2D eigenvalue weighted by atomic mass is 15.1. The first-order valence-electron chi connectivity index (χ1n) is 4.74. The first-order valence-corrected chi connectivity index (χ1v) is 4.74. The van der Waals surface area contributed by atoms with E-state index in [0.29, 0.717) is 5.96 Å². The molecule has 1 aromatic carbocycles. The summed E-state index contributed by atoms with van der Waals surface area (Å²) in [6.45, 7) is 0. The summed E-state index contributed by atoms with van der Waals surface area (Å²) in [4.78, 5) is 4.39. The van der Waals surface area contributed by atoms with E-state index in [1.807, 2.05) is 12.1 Å². The maximum atomic E-state index is 5.70. The maximum Gasteiger partial charge on any atom is 0.193 e. The highest BCUT2D eigenvalue weighted by Crippen LogP contribution is 2.38. The summed E-state index contributed by atoms with van der Waals surface area (Å²) in [6.07, 6.45) is 5.25. The van der Waals surface area contributed by atoms with Crippen LogP contribution in [-0.4, -0.2) is 5.96 Å². The Morgan fingerprint density at radius 2 is 2.36 bits per heavy atom. The predicted octanol–water partition coefficient (Wildman–Crippen LogP) is 1.88. The number of nitrogens with two attached hydrogens (primary N) is 1. The smallest absolute Gasteiger partial charge is 0.193 e. The Hall–Kier alpha value is -1.77. The van der Waals surface area contributed by atoms with Crippen molar-refractivity contribution in [1.82, 2.24) is 0 Å². The van der Waals surface area contributed by atoms with Gasteiger partial charge in [0.2, 0.25) is 0 Å². The Kier molecular flexibility index (Phi) is 1.42. The minimum atomic E-state index is 0.215. The number of hydrogen-bond acceptors (Lipinski definition) is 3. The molecule has 70 valence electrons. The molecule has 0 fully saturated rings. The van der Waals surface area contributed by atoms with E-state index in [0.717, 1.165) is 12.1 Å². The van der Waals surface area contributed by atoms with Crippen LogP contribution in [0.5, 0.6) is 0 Å². The van der Waals surface area contributed by atoms with Crippen LogP contribution in [0.1, 0.15) is 23.6 Å². The van der Waals surface area contributed by atoms with E-state index in [1.54, 1.807) is 0 Å². The van der Waals surface area contributed by atoms with Gasteiger partial charge in [-0.1, -0.05) is 24.3 Å². The van der Waals surface area contributed by atoms with Gasteiger partial charge in [-0.05, 0) is 18.1 Å². The van der Waals surface area contributed by atoms with Crippen molar-refractivity contribution in [3.63, 3.8) is 0 Å². The third-order valence-electron chi connectivity index (χ3n) is 2.69. The lowest BCUT2D eigenvalue weighted by Crippen LogP contribution is -2.28. The second-order valence-electron chi connectivity index (χ2n) is 3.60. The Bertz CT molecular complexity index is 446. The molecule has 3 N–H and O–H groups in total. The van der Waals surface area contributed by atoms with Gasteiger partial charge in [0.05, 0.1) is 6.04 Å². The van der Waals surface area contributed by atoms with Crippen molar-refractivity contribution < 1.29 is 0 Å². The molecule has 3 nitrogen and oxygen atoms in total. The Morgan fingerprint density at radius 1 is 1.43 bits per heavy atom. The second-order valence-corrected chi connectivity index (χ2v) is 3.60. The fourth-order valence-corrected chi connectivity index (χ4v) is 2.11. The van der Waals surface area contributed by atoms with Crippen LogP contribution in [-0.2, 0) is 0 Å². The lowest BCUT2D eigenvalue weighted by Gasteiger charge is -2.26. The van der Waals surface area contributed by atoms with Gasteiger partial charge >= 0.3 is 0 Å². The van der Waals surface area contributed by atoms with Crippen LogP contribution >= 0.6 is 0 Å². The van der Waals surface area contributed by atoms with Gasteiger partial charge in [-0.3, -0.25) is 0 Å². The number of benzene rings is 1. The lowest BCUT2D eigenvalue weighted by molar-refractivity contribution is 0.728. The van der Waals surface area contributed by atoms with E-state index >= 15 is 0 Å². The fourth-order valence-electron chi connectivity index (χ4n) is 2.11. The quantitative estimate of drug-likeness (QED) is 0.648. The molecule has 1 atom stereocenters. The van der Waals surface area contributed by atoms with Crippen LogP contribution in [0.15, 0.2) is 29.3 Å². The van der Waals surface area contributed by atoms with Crippen molar-refractivity contribution in [3.8, 4) is 0 Å². The van der Waals surface area contributed by atoms with Crippen molar-refractivity contribution in [1.29, 1.82) is 0 Å². The first kappa shape index (κ1) is 7.62. The van der Waals surface area contributed by atoms with Crippen molar-refractivity contribution in [2.24, 2.45) is 10.7 Å². The predicted molar refractivity (Wildman–Crippen MR) is 58.1 cm³/mol. The molecule has 0 radical (unpaired) electrons. The second kappa shape index (κ2) is 2.61. The van der Waals surface area contributed by atoms with E-state index < -0.39 is 0 Å². The van der Waals surface area contributed by atoms with Gasteiger partial charge in [-0.15, -0.1) is 0 Å². The number of aliphatic imine (C=N–C) groups is 1. The largest absolute Gasteiger partial charge is 0.370 e. The molecule has 0 spiro atoms. The summed E-state index contributed by atoms with van der Waals surface area (Å²) < 4.78 is 0. The van der Waals surface area contributed by atoms with Crippen molar-refractivity contribution in [2.45, 2.75) is 12.5 Å². The van der Waals surface area contributed by atoms with E-state index in [1.165, 1.54) is 11.1 Å². The molecule has 0 aromatic heterocycles. The van der Waals surface area contributed by atoms with Crippen LogP contribution in [0.25, 0.3) is 6.08 Å². The zero-order valence-corrected chi connectivity index (χ0v) is 7.70. The van der Waals surface area contributed by atoms with Gasteiger partial charge < -0.3 is 11.1 Å². The topological polar surface area (TPSA) is 50.4 Å². The van der Waals surface area contributed by atoms with E-state index in [-0.39, 0.29) is 6.04 Å². The third-order valence-corrected chi connectivity index (χ3v) is 2.69. The van der Waals surface area contributed by atoms with Gasteiger partial charge in [-0.2, -0.15) is 0 Å². The number of nitrogens with one attached hydrogen (secondary N) is 1. The minimum absolute atomic E-state index is 0.215. The number of rotatable bonds is 0. The highest BCUT2D eigenvalue weighted by Gasteiger charge is 2.23. The molecular formula is C11H11N3. The first-order chi connectivity index (χ1) is 6.84. The average molecular weight is 185 g/mol. The summed E-state index contributed by atoms with van der Waals surface area (Å²) in [7, 11) is 0. The van der Waals surface area contributed by atoms with Crippen LogP contribution in [0.4, 0.5) is 5.69 Å². The highest BCUT2D eigenvalue weighted by molar-refractivity contribution is 5.96. The molecule has 0 amide bonds. The zero-order valence-electron chi connectivity index (χ0n) is 7.70. The standard InChI is InChI=1S/C11H11N3/c12-11-13-8-5-1-3-7-4-2-6-9(14-11)10(7)8/h1-5,9H,6H2,(H3,12,13,14). The third kappa shape index (κ3) is 0.954. The van der Waals surface area contributed by atoms with Gasteiger partial charge in [-0.25, -0.2) is 4.99 Å². The number of hydrogen-bond donors (Lipinski definition) is 2. The molecule has 1 aliphatic carbocycles. The Morgan fingerprint density at radius 3 is 3.29 bits per heavy atom. The summed E-state index contributed by atoms with van der Waals surface area (Å²) in [5.41, 5.74) is 9.34. The number of guanidine groups is 1. The fraction of sp³-hybridized carbons (Fsp3) is 0.182. The SMILES string of the molecule is NC1=NC2CC=Cc3cccc(c32)N1. The molecule has 0 bridgehead atoms. The average Bonchev–Trinajstić information content (AvgIpc) is 2.18. The molecule has 3 heteroatoms. The molecule has 14 heavy (non-hydrogen) atoms. The molecular weight excluding hydrogens is 174 g/mol. The summed E-state index contributed by atoms with van der Waals surface area (Å²) in [6, 6.07) is 6.41. The van der Waals surface area contributed by atoms with Crippen LogP contribution in [0, 0.1) is 0 Å². The molecule has 0 saturated heterocycles. The van der Waals surface area contributed by atoms with E-state index in [2.05, 4.69) is 28.5 Å². The molecule has 0 saturated carbocycles. The molecule has 3 rings (SSSR count). The normalized spacial score (nSPS) is 22.3. The van der Waals surface area contributed by atoms with Crippen molar-refractivity contribution >= 4 is 17.7 Å². The van der Waals surface area contributed by atoms with Gasteiger partial charge in [0.1, 0.15) is 0 Å². The molecule has 1 aromatic rings. The monoisotopic (exact) mass is 185 g/mol. The van der Waals surface area contributed by atoms with Gasteiger partial charge in [0, 0.05) is 11.3 Å². The van der Waals surface area contributed by atoms with Gasteiger partial charge in [0.25, 0.3) is 0 Å². The summed E-state index contributed by atoms with van der Waals surface area (Å²) in [5, 5.41) is 3.09. The van der Waals surface area contributed by atoms with Crippen molar-refractivity contribution in [2.75, 3.05) is 5.32 Å². The zero-order chi connectivity index (χ0) is 9.54. The maximum absolute atomic E-state index is 5.70. The van der Waals surface area contributed by atoms with Crippen molar-refractivity contribution in [3.05, 3.63) is 35.4 Å². The summed E-state index contributed by atoms with van der Waals surface area (Å²) in [5.74, 6) is 0.523.